The second-order valence-electron chi connectivity index (χ2n) is 7.26. The van der Waals surface area contributed by atoms with Crippen molar-refractivity contribution in [3.63, 3.8) is 0 Å². The third kappa shape index (κ3) is 7.16. The van der Waals surface area contributed by atoms with Crippen LogP contribution in [-0.4, -0.2) is 37.0 Å². The number of amides is 3. The molecule has 1 aliphatic rings. The Morgan fingerprint density at radius 3 is 2.64 bits per heavy atom. The molecule has 5 heteroatoms. The molecular formula is C20H31N3O2. The molecule has 1 saturated carbocycles. The zero-order valence-corrected chi connectivity index (χ0v) is 15.5. The summed E-state index contributed by atoms with van der Waals surface area (Å²) in [6.07, 6.45) is 5.28. The van der Waals surface area contributed by atoms with Gasteiger partial charge >= 0.3 is 6.03 Å². The highest BCUT2D eigenvalue weighted by Gasteiger charge is 2.19. The number of nitrogens with one attached hydrogen (secondary N) is 2. The fourth-order valence-electron chi connectivity index (χ4n) is 3.46. The Bertz CT molecular complexity index is 547. The summed E-state index contributed by atoms with van der Waals surface area (Å²) in [7, 11) is 1.79. The topological polar surface area (TPSA) is 61.4 Å². The molecule has 0 aromatic heterocycles. The predicted molar refractivity (Wildman–Crippen MR) is 100 cm³/mol. The molecule has 2 unspecified atom stereocenters. The van der Waals surface area contributed by atoms with Crippen molar-refractivity contribution in [1.29, 1.82) is 0 Å². The molecule has 0 radical (unpaired) electrons. The van der Waals surface area contributed by atoms with E-state index in [1.54, 1.807) is 11.9 Å². The molecule has 0 saturated heterocycles. The number of hydrogen-bond donors (Lipinski definition) is 2. The van der Waals surface area contributed by atoms with E-state index >= 15 is 0 Å². The standard InChI is InChI=1S/C20H31N3O2/c1-16-7-6-10-18(13-16)14-22-20(25)21-12-11-19(24)23(2)15-17-8-4-3-5-9-17/h3-5,8-9,16,18H,6-7,10-15H2,1-2H3,(H2,21,22,25). The Hall–Kier alpha value is -2.04. The summed E-state index contributed by atoms with van der Waals surface area (Å²) in [5, 5.41) is 5.73. The van der Waals surface area contributed by atoms with Gasteiger partial charge in [0.05, 0.1) is 0 Å². The Balaban J connectivity index is 1.59. The van der Waals surface area contributed by atoms with Gasteiger partial charge in [-0.05, 0) is 30.2 Å². The number of nitrogens with zero attached hydrogens (tertiary/aromatic N) is 1. The van der Waals surface area contributed by atoms with Crippen molar-refractivity contribution < 1.29 is 9.59 Å². The molecule has 1 aromatic rings. The second-order valence-corrected chi connectivity index (χ2v) is 7.26. The van der Waals surface area contributed by atoms with Crippen LogP contribution in [0.1, 0.15) is 44.6 Å². The molecule has 5 nitrogen and oxygen atoms in total. The number of hydrogen-bond acceptors (Lipinski definition) is 2. The molecule has 138 valence electrons. The Labute approximate surface area is 151 Å². The first-order valence-corrected chi connectivity index (χ1v) is 9.34. The van der Waals surface area contributed by atoms with Gasteiger partial charge in [-0.1, -0.05) is 50.1 Å². The lowest BCUT2D eigenvalue weighted by atomic mass is 9.82. The van der Waals surface area contributed by atoms with E-state index in [0.29, 0.717) is 25.4 Å². The second kappa shape index (κ2) is 10.1. The first-order chi connectivity index (χ1) is 12.0. The van der Waals surface area contributed by atoms with Crippen molar-refractivity contribution in [2.45, 2.75) is 45.6 Å². The third-order valence-corrected chi connectivity index (χ3v) is 4.91. The lowest BCUT2D eigenvalue weighted by Gasteiger charge is -2.26. The summed E-state index contributed by atoms with van der Waals surface area (Å²) >= 11 is 0. The van der Waals surface area contributed by atoms with Crippen molar-refractivity contribution in [2.24, 2.45) is 11.8 Å². The fourth-order valence-corrected chi connectivity index (χ4v) is 3.46. The molecule has 2 N–H and O–H groups in total. The number of carbonyl (C=O) groups is 2. The van der Waals surface area contributed by atoms with E-state index in [9.17, 15) is 9.59 Å². The molecule has 1 fully saturated rings. The van der Waals surface area contributed by atoms with E-state index in [4.69, 9.17) is 0 Å². The van der Waals surface area contributed by atoms with E-state index in [-0.39, 0.29) is 11.9 Å². The Morgan fingerprint density at radius 2 is 1.92 bits per heavy atom. The molecule has 1 aliphatic carbocycles. The van der Waals surface area contributed by atoms with Gasteiger partial charge in [0, 0.05) is 33.1 Å². The average molecular weight is 345 g/mol. The Kier molecular flexibility index (Phi) is 7.76. The van der Waals surface area contributed by atoms with Crippen LogP contribution < -0.4 is 10.6 Å². The van der Waals surface area contributed by atoms with E-state index in [0.717, 1.165) is 18.0 Å². The SMILES string of the molecule is CC1CCCC(CNC(=O)NCCC(=O)N(C)Cc2ccccc2)C1. The molecule has 0 aliphatic heterocycles. The van der Waals surface area contributed by atoms with Crippen molar-refractivity contribution in [3.8, 4) is 0 Å². The summed E-state index contributed by atoms with van der Waals surface area (Å²) in [6, 6.07) is 9.72. The van der Waals surface area contributed by atoms with Crippen LogP contribution in [0.3, 0.4) is 0 Å². The number of carbonyl (C=O) groups excluding carboxylic acids is 2. The highest BCUT2D eigenvalue weighted by molar-refractivity contribution is 5.78. The van der Waals surface area contributed by atoms with Crippen LogP contribution in [0.5, 0.6) is 0 Å². The normalized spacial score (nSPS) is 19.9. The summed E-state index contributed by atoms with van der Waals surface area (Å²) in [4.78, 5) is 25.7. The largest absolute Gasteiger partial charge is 0.341 e. The monoisotopic (exact) mass is 345 g/mol. The van der Waals surface area contributed by atoms with Crippen LogP contribution in [0.15, 0.2) is 30.3 Å². The molecule has 2 atom stereocenters. The van der Waals surface area contributed by atoms with Gasteiger partial charge in [0.15, 0.2) is 0 Å². The van der Waals surface area contributed by atoms with Crippen LogP contribution in [0.25, 0.3) is 0 Å². The number of rotatable bonds is 7. The highest BCUT2D eigenvalue weighted by Crippen LogP contribution is 2.27. The van der Waals surface area contributed by atoms with Gasteiger partial charge in [-0.2, -0.15) is 0 Å². The minimum absolute atomic E-state index is 0.0326. The first-order valence-electron chi connectivity index (χ1n) is 9.34. The lowest BCUT2D eigenvalue weighted by Crippen LogP contribution is -2.40. The summed E-state index contributed by atoms with van der Waals surface area (Å²) in [5.41, 5.74) is 1.10. The smallest absolute Gasteiger partial charge is 0.314 e. The van der Waals surface area contributed by atoms with Crippen molar-refractivity contribution >= 4 is 11.9 Å². The number of benzene rings is 1. The molecule has 0 bridgehead atoms. The van der Waals surface area contributed by atoms with Crippen LogP contribution in [0.4, 0.5) is 4.79 Å². The molecule has 3 amide bonds. The third-order valence-electron chi connectivity index (χ3n) is 4.91. The van der Waals surface area contributed by atoms with E-state index < -0.39 is 0 Å². The summed E-state index contributed by atoms with van der Waals surface area (Å²) < 4.78 is 0. The van der Waals surface area contributed by atoms with E-state index in [1.807, 2.05) is 30.3 Å². The van der Waals surface area contributed by atoms with Gasteiger partial charge in [0.1, 0.15) is 0 Å². The molecule has 0 heterocycles. The van der Waals surface area contributed by atoms with E-state index in [2.05, 4.69) is 17.6 Å². The maximum Gasteiger partial charge on any atom is 0.314 e. The van der Waals surface area contributed by atoms with Crippen LogP contribution >= 0.6 is 0 Å². The fraction of sp³-hybridized carbons (Fsp3) is 0.600. The van der Waals surface area contributed by atoms with Gasteiger partial charge in [-0.25, -0.2) is 4.79 Å². The van der Waals surface area contributed by atoms with Crippen molar-refractivity contribution in [3.05, 3.63) is 35.9 Å². The predicted octanol–water partition coefficient (Wildman–Crippen LogP) is 3.16. The van der Waals surface area contributed by atoms with E-state index in [1.165, 1.54) is 25.7 Å². The van der Waals surface area contributed by atoms with Gasteiger partial charge in [0.2, 0.25) is 5.91 Å². The quantitative estimate of drug-likeness (QED) is 0.797. The molecule has 0 spiro atoms. The molecule has 25 heavy (non-hydrogen) atoms. The van der Waals surface area contributed by atoms with Crippen molar-refractivity contribution in [1.82, 2.24) is 15.5 Å². The van der Waals surface area contributed by atoms with Crippen LogP contribution in [-0.2, 0) is 11.3 Å². The zero-order valence-electron chi connectivity index (χ0n) is 15.5. The van der Waals surface area contributed by atoms with Crippen LogP contribution in [0.2, 0.25) is 0 Å². The maximum absolute atomic E-state index is 12.1. The minimum atomic E-state index is -0.170. The van der Waals surface area contributed by atoms with Gasteiger partial charge < -0.3 is 15.5 Å². The highest BCUT2D eigenvalue weighted by atomic mass is 16.2. The summed E-state index contributed by atoms with van der Waals surface area (Å²) in [6.45, 7) is 3.97. The Morgan fingerprint density at radius 1 is 1.16 bits per heavy atom. The molecule has 2 rings (SSSR count). The number of urea groups is 1. The van der Waals surface area contributed by atoms with Crippen LogP contribution in [0, 0.1) is 11.8 Å². The lowest BCUT2D eigenvalue weighted by molar-refractivity contribution is -0.130. The zero-order chi connectivity index (χ0) is 18.1. The van der Waals surface area contributed by atoms with Crippen molar-refractivity contribution in [2.75, 3.05) is 20.1 Å². The minimum Gasteiger partial charge on any atom is -0.341 e. The maximum atomic E-state index is 12.1. The molecule has 1 aromatic carbocycles. The summed E-state index contributed by atoms with van der Waals surface area (Å²) in [5.74, 6) is 1.39. The van der Waals surface area contributed by atoms with Gasteiger partial charge in [-0.15, -0.1) is 0 Å². The van der Waals surface area contributed by atoms with Gasteiger partial charge in [0.25, 0.3) is 0 Å². The molecular weight excluding hydrogens is 314 g/mol. The first kappa shape index (κ1) is 19.3. The van der Waals surface area contributed by atoms with Gasteiger partial charge in [-0.3, -0.25) is 4.79 Å². The average Bonchev–Trinajstić information content (AvgIpc) is 2.61.